The molecule has 2 rings (SSSR count). The third kappa shape index (κ3) is 2.05. The molecule has 4 heteroatoms. The average molecular weight is 218 g/mol. The molecule has 0 saturated carbocycles. The fraction of sp³-hybridized carbons (Fsp3) is 0.333. The minimum absolute atomic E-state index is 0.0506. The molecule has 4 nitrogen and oxygen atoms in total. The maximum absolute atomic E-state index is 12.1. The molecule has 16 heavy (non-hydrogen) atoms. The van der Waals surface area contributed by atoms with Crippen LogP contribution in [0.5, 0.6) is 0 Å². The predicted molar refractivity (Wildman–Crippen MR) is 61.4 cm³/mol. The van der Waals surface area contributed by atoms with Crippen LogP contribution >= 0.6 is 0 Å². The van der Waals surface area contributed by atoms with Gasteiger partial charge in [-0.15, -0.1) is 0 Å². The molecule has 1 heterocycles. The summed E-state index contributed by atoms with van der Waals surface area (Å²) in [5.41, 5.74) is 0.664. The lowest BCUT2D eigenvalue weighted by Gasteiger charge is -2.17. The second kappa shape index (κ2) is 4.79. The van der Waals surface area contributed by atoms with Crippen LogP contribution in [0.3, 0.4) is 0 Å². The molecule has 84 valence electrons. The van der Waals surface area contributed by atoms with E-state index < -0.39 is 0 Å². The minimum Gasteiger partial charge on any atom is -0.465 e. The number of amides is 1. The number of amidine groups is 1. The number of carbonyl (C=O) groups is 1. The van der Waals surface area contributed by atoms with Crippen molar-refractivity contribution in [2.24, 2.45) is 4.99 Å². The van der Waals surface area contributed by atoms with E-state index >= 15 is 0 Å². The van der Waals surface area contributed by atoms with Crippen LogP contribution in [-0.4, -0.2) is 36.5 Å². The van der Waals surface area contributed by atoms with Gasteiger partial charge < -0.3 is 4.74 Å². The summed E-state index contributed by atoms with van der Waals surface area (Å²) in [6.07, 6.45) is 0. The molecular weight excluding hydrogens is 204 g/mol. The molecule has 0 saturated heterocycles. The number of ether oxygens (including phenoxy) is 1. The molecule has 0 unspecified atom stereocenters. The summed E-state index contributed by atoms with van der Waals surface area (Å²) < 4.78 is 5.31. The third-order valence-electron chi connectivity index (χ3n) is 2.34. The van der Waals surface area contributed by atoms with Crippen LogP contribution in [0.15, 0.2) is 35.3 Å². The van der Waals surface area contributed by atoms with Gasteiger partial charge in [-0.25, -0.2) is 4.99 Å². The molecule has 1 aliphatic heterocycles. The molecule has 0 radical (unpaired) electrons. The van der Waals surface area contributed by atoms with Gasteiger partial charge in [0.2, 0.25) is 0 Å². The van der Waals surface area contributed by atoms with E-state index in [0.29, 0.717) is 31.3 Å². The maximum atomic E-state index is 12.1. The molecule has 1 aromatic rings. The smallest absolute Gasteiger partial charge is 0.294 e. The Bertz CT molecular complexity index is 401. The van der Waals surface area contributed by atoms with Crippen LogP contribution in [0.25, 0.3) is 0 Å². The number of carbonyl (C=O) groups excluding carboxylic acids is 1. The summed E-state index contributed by atoms with van der Waals surface area (Å²) in [5.74, 6) is -0.0506. The monoisotopic (exact) mass is 218 g/mol. The summed E-state index contributed by atoms with van der Waals surface area (Å²) in [6.45, 7) is 3.63. The molecule has 0 fully saturated rings. The van der Waals surface area contributed by atoms with Crippen molar-refractivity contribution in [3.05, 3.63) is 35.9 Å². The zero-order valence-corrected chi connectivity index (χ0v) is 9.22. The number of hydrogen-bond donors (Lipinski definition) is 0. The van der Waals surface area contributed by atoms with E-state index in [1.54, 1.807) is 17.0 Å². The van der Waals surface area contributed by atoms with Gasteiger partial charge in [-0.3, -0.25) is 9.69 Å². The third-order valence-corrected chi connectivity index (χ3v) is 2.34. The normalized spacial score (nSPS) is 14.8. The summed E-state index contributed by atoms with van der Waals surface area (Å²) >= 11 is 0. The summed E-state index contributed by atoms with van der Waals surface area (Å²) in [6, 6.07) is 9.62. The van der Waals surface area contributed by atoms with Gasteiger partial charge in [0, 0.05) is 5.56 Å². The van der Waals surface area contributed by atoms with E-state index in [-0.39, 0.29) is 5.91 Å². The van der Waals surface area contributed by atoms with Gasteiger partial charge in [-0.2, -0.15) is 0 Å². The summed E-state index contributed by atoms with van der Waals surface area (Å²) in [7, 11) is 0. The van der Waals surface area contributed by atoms with Crippen molar-refractivity contribution in [2.45, 2.75) is 6.92 Å². The zero-order valence-electron chi connectivity index (χ0n) is 9.22. The fourth-order valence-corrected chi connectivity index (χ4v) is 1.60. The van der Waals surface area contributed by atoms with Crippen molar-refractivity contribution in [3.63, 3.8) is 0 Å². The number of rotatable bonds is 2. The number of hydrogen-bond acceptors (Lipinski definition) is 3. The first-order valence-corrected chi connectivity index (χ1v) is 5.37. The Hall–Kier alpha value is -1.84. The highest BCUT2D eigenvalue weighted by Crippen LogP contribution is 2.10. The standard InChI is InChI=1S/C12H14N2O2/c1-2-16-12-13-8-9-14(12)11(15)10-6-4-3-5-7-10/h3-7H,2,8-9H2,1H3. The van der Waals surface area contributed by atoms with E-state index in [1.165, 1.54) is 0 Å². The first-order chi connectivity index (χ1) is 7.83. The van der Waals surface area contributed by atoms with E-state index in [4.69, 9.17) is 4.74 Å². The molecule has 0 aromatic heterocycles. The van der Waals surface area contributed by atoms with Crippen molar-refractivity contribution < 1.29 is 9.53 Å². The SMILES string of the molecule is CCOC1=NCCN1C(=O)c1ccccc1. The van der Waals surface area contributed by atoms with Gasteiger partial charge in [0.05, 0.1) is 19.7 Å². The second-order valence-electron chi connectivity index (χ2n) is 3.42. The molecule has 0 bridgehead atoms. The largest absolute Gasteiger partial charge is 0.465 e. The highest BCUT2D eigenvalue weighted by molar-refractivity contribution is 6.04. The zero-order chi connectivity index (χ0) is 11.4. The lowest BCUT2D eigenvalue weighted by molar-refractivity contribution is 0.0827. The van der Waals surface area contributed by atoms with Crippen LogP contribution in [0.4, 0.5) is 0 Å². The minimum atomic E-state index is -0.0506. The molecule has 1 aliphatic rings. The van der Waals surface area contributed by atoms with Crippen molar-refractivity contribution in [1.29, 1.82) is 0 Å². The Morgan fingerprint density at radius 1 is 1.44 bits per heavy atom. The van der Waals surface area contributed by atoms with Gasteiger partial charge in [0.25, 0.3) is 11.9 Å². The topological polar surface area (TPSA) is 41.9 Å². The van der Waals surface area contributed by atoms with Crippen molar-refractivity contribution >= 4 is 11.9 Å². The highest BCUT2D eigenvalue weighted by atomic mass is 16.5. The average Bonchev–Trinajstić information content (AvgIpc) is 2.78. The quantitative estimate of drug-likeness (QED) is 0.755. The van der Waals surface area contributed by atoms with Gasteiger partial charge in [-0.1, -0.05) is 18.2 Å². The number of nitrogens with zero attached hydrogens (tertiary/aromatic N) is 2. The Kier molecular flexibility index (Phi) is 3.19. The molecular formula is C12H14N2O2. The van der Waals surface area contributed by atoms with Crippen molar-refractivity contribution in [3.8, 4) is 0 Å². The lowest BCUT2D eigenvalue weighted by Crippen LogP contribution is -2.35. The molecule has 0 spiro atoms. The molecule has 0 N–H and O–H groups in total. The molecule has 1 aromatic carbocycles. The summed E-state index contributed by atoms with van der Waals surface area (Å²) in [4.78, 5) is 17.8. The first kappa shape index (κ1) is 10.7. The van der Waals surface area contributed by atoms with Crippen LogP contribution in [-0.2, 0) is 4.74 Å². The molecule has 0 atom stereocenters. The van der Waals surface area contributed by atoms with Crippen molar-refractivity contribution in [2.75, 3.05) is 19.7 Å². The van der Waals surface area contributed by atoms with Crippen LogP contribution in [0, 0.1) is 0 Å². The van der Waals surface area contributed by atoms with E-state index in [1.807, 2.05) is 25.1 Å². The fourth-order valence-electron chi connectivity index (χ4n) is 1.60. The lowest BCUT2D eigenvalue weighted by atomic mass is 10.2. The Morgan fingerprint density at radius 2 is 2.19 bits per heavy atom. The molecule has 0 aliphatic carbocycles. The summed E-state index contributed by atoms with van der Waals surface area (Å²) in [5, 5.41) is 0. The van der Waals surface area contributed by atoms with E-state index in [9.17, 15) is 4.79 Å². The molecule has 1 amide bonds. The van der Waals surface area contributed by atoms with Crippen LogP contribution in [0.1, 0.15) is 17.3 Å². The van der Waals surface area contributed by atoms with Crippen LogP contribution in [0.2, 0.25) is 0 Å². The Morgan fingerprint density at radius 3 is 2.88 bits per heavy atom. The van der Waals surface area contributed by atoms with Gasteiger partial charge in [0.15, 0.2) is 0 Å². The Labute approximate surface area is 94.5 Å². The maximum Gasteiger partial charge on any atom is 0.294 e. The second-order valence-corrected chi connectivity index (χ2v) is 3.42. The highest BCUT2D eigenvalue weighted by Gasteiger charge is 2.25. The number of aliphatic imine (C=N–C) groups is 1. The Balaban J connectivity index is 2.14. The van der Waals surface area contributed by atoms with E-state index in [2.05, 4.69) is 4.99 Å². The van der Waals surface area contributed by atoms with Gasteiger partial charge in [-0.05, 0) is 19.1 Å². The first-order valence-electron chi connectivity index (χ1n) is 5.37. The van der Waals surface area contributed by atoms with Crippen LogP contribution < -0.4 is 0 Å². The number of benzene rings is 1. The van der Waals surface area contributed by atoms with Gasteiger partial charge >= 0.3 is 0 Å². The van der Waals surface area contributed by atoms with E-state index in [0.717, 1.165) is 0 Å². The van der Waals surface area contributed by atoms with Crippen molar-refractivity contribution in [1.82, 2.24) is 4.90 Å². The predicted octanol–water partition coefficient (Wildman–Crippen LogP) is 1.53. The van der Waals surface area contributed by atoms with Gasteiger partial charge in [0.1, 0.15) is 0 Å².